The first kappa shape index (κ1) is 34.2. The summed E-state index contributed by atoms with van der Waals surface area (Å²) >= 11 is 0. The number of aliphatic imine (C=N–C) groups is 1. The maximum absolute atomic E-state index is 5.50. The van der Waals surface area contributed by atoms with Gasteiger partial charge in [0.15, 0.2) is 0 Å². The van der Waals surface area contributed by atoms with Crippen molar-refractivity contribution in [3.05, 3.63) is 100 Å². The Morgan fingerprint density at radius 3 is 1.23 bits per heavy atom. The summed E-state index contributed by atoms with van der Waals surface area (Å²) in [6.45, 7) is 34.1. The van der Waals surface area contributed by atoms with E-state index in [9.17, 15) is 0 Å². The minimum Gasteiger partial charge on any atom is -0.341 e. The summed E-state index contributed by atoms with van der Waals surface area (Å²) in [7, 11) is 0. The van der Waals surface area contributed by atoms with Crippen LogP contribution < -0.4 is 10.2 Å². The van der Waals surface area contributed by atoms with Crippen LogP contribution in [0.1, 0.15) is 159 Å². The van der Waals surface area contributed by atoms with Crippen LogP contribution in [0.15, 0.2) is 72.0 Å². The number of nitrogens with zero attached hydrogens (tertiary/aromatic N) is 2. The predicted octanol–water partition coefficient (Wildman–Crippen LogP) is 12.6. The Kier molecular flexibility index (Phi) is 11.5. The van der Waals surface area contributed by atoms with E-state index in [1.807, 2.05) is 0 Å². The van der Waals surface area contributed by atoms with Gasteiger partial charge in [0, 0.05) is 5.69 Å². The summed E-state index contributed by atoms with van der Waals surface area (Å²) in [6.07, 6.45) is 0. The minimum atomic E-state index is 0.333. The SMILES string of the molecule is C=C(Nc1c(C(C)C)cccc1C(C)C)N(C(C)=Nc1c(C(C)C)cccc1C(C)C)c1c(C(C)C)cccc1C(C)C. The molecular weight excluding hydrogens is 522 g/mol. The van der Waals surface area contributed by atoms with Crippen molar-refractivity contribution < 1.29 is 0 Å². The van der Waals surface area contributed by atoms with Crippen LogP contribution >= 0.6 is 0 Å². The number of hydrogen-bond donors (Lipinski definition) is 1. The van der Waals surface area contributed by atoms with Gasteiger partial charge in [0.1, 0.15) is 11.7 Å². The van der Waals surface area contributed by atoms with Crippen molar-refractivity contribution in [3.8, 4) is 0 Å². The van der Waals surface area contributed by atoms with Crippen LogP contribution in [0.4, 0.5) is 17.1 Å². The van der Waals surface area contributed by atoms with E-state index in [0.717, 1.165) is 23.0 Å². The molecule has 0 aromatic heterocycles. The third kappa shape index (κ3) is 7.61. The minimum absolute atomic E-state index is 0.333. The molecule has 0 fully saturated rings. The normalized spacial score (nSPS) is 12.4. The van der Waals surface area contributed by atoms with Gasteiger partial charge in [-0.15, -0.1) is 0 Å². The monoisotopic (exact) mass is 579 g/mol. The molecule has 0 heterocycles. The van der Waals surface area contributed by atoms with Gasteiger partial charge in [0.25, 0.3) is 0 Å². The Morgan fingerprint density at radius 2 is 0.884 bits per heavy atom. The summed E-state index contributed by atoms with van der Waals surface area (Å²) in [4.78, 5) is 7.80. The van der Waals surface area contributed by atoms with Gasteiger partial charge in [-0.05, 0) is 75.8 Å². The molecule has 3 aromatic rings. The maximum Gasteiger partial charge on any atom is 0.112 e. The fourth-order valence-electron chi connectivity index (χ4n) is 6.01. The first-order valence-corrected chi connectivity index (χ1v) is 16.4. The molecule has 0 aliphatic rings. The highest BCUT2D eigenvalue weighted by atomic mass is 15.3. The van der Waals surface area contributed by atoms with Crippen LogP contribution in [0.5, 0.6) is 0 Å². The van der Waals surface area contributed by atoms with Crippen LogP contribution in [0, 0.1) is 0 Å². The Balaban J connectivity index is 2.38. The first-order valence-electron chi connectivity index (χ1n) is 16.4. The lowest BCUT2D eigenvalue weighted by molar-refractivity contribution is 0.825. The van der Waals surface area contributed by atoms with Crippen molar-refractivity contribution >= 4 is 22.9 Å². The second kappa shape index (κ2) is 14.4. The lowest BCUT2D eigenvalue weighted by Crippen LogP contribution is -2.33. The van der Waals surface area contributed by atoms with Crippen molar-refractivity contribution in [3.63, 3.8) is 0 Å². The first-order chi connectivity index (χ1) is 20.2. The molecule has 0 saturated carbocycles. The van der Waals surface area contributed by atoms with Crippen molar-refractivity contribution in [1.29, 1.82) is 0 Å². The third-order valence-corrected chi connectivity index (χ3v) is 8.42. The fourth-order valence-corrected chi connectivity index (χ4v) is 6.01. The summed E-state index contributed by atoms with van der Waals surface area (Å²) in [5, 5.41) is 3.86. The van der Waals surface area contributed by atoms with E-state index in [0.29, 0.717) is 35.5 Å². The smallest absolute Gasteiger partial charge is 0.112 e. The third-order valence-electron chi connectivity index (χ3n) is 8.42. The number of benzene rings is 3. The molecule has 0 aliphatic heterocycles. The van der Waals surface area contributed by atoms with E-state index in [1.165, 1.54) is 39.1 Å². The summed E-state index contributed by atoms with van der Waals surface area (Å²) < 4.78 is 0. The van der Waals surface area contributed by atoms with Gasteiger partial charge in [0.05, 0.1) is 11.4 Å². The molecule has 0 aliphatic carbocycles. The average Bonchev–Trinajstić information content (AvgIpc) is 2.92. The topological polar surface area (TPSA) is 27.6 Å². The van der Waals surface area contributed by atoms with Crippen LogP contribution in [0.2, 0.25) is 0 Å². The van der Waals surface area contributed by atoms with Gasteiger partial charge >= 0.3 is 0 Å². The molecule has 0 amide bonds. The molecule has 0 radical (unpaired) electrons. The molecule has 0 unspecified atom stereocenters. The van der Waals surface area contributed by atoms with Gasteiger partial charge in [0.2, 0.25) is 0 Å². The molecule has 0 saturated heterocycles. The molecule has 3 aromatic carbocycles. The van der Waals surface area contributed by atoms with Crippen molar-refractivity contribution in [2.24, 2.45) is 4.99 Å². The molecule has 3 rings (SSSR count). The predicted molar refractivity (Wildman–Crippen MR) is 192 cm³/mol. The van der Waals surface area contributed by atoms with Crippen LogP contribution in [-0.4, -0.2) is 5.84 Å². The highest BCUT2D eigenvalue weighted by molar-refractivity contribution is 6.02. The molecule has 3 nitrogen and oxygen atoms in total. The van der Waals surface area contributed by atoms with E-state index >= 15 is 0 Å². The fraction of sp³-hybridized carbons (Fsp3) is 0.475. The van der Waals surface area contributed by atoms with Crippen molar-refractivity contribution in [2.75, 3.05) is 10.2 Å². The maximum atomic E-state index is 5.50. The Morgan fingerprint density at radius 1 is 0.558 bits per heavy atom. The number of hydrogen-bond acceptors (Lipinski definition) is 2. The second-order valence-electron chi connectivity index (χ2n) is 13.9. The van der Waals surface area contributed by atoms with Crippen molar-refractivity contribution in [2.45, 2.75) is 126 Å². The van der Waals surface area contributed by atoms with Gasteiger partial charge in [-0.1, -0.05) is 144 Å². The zero-order chi connectivity index (χ0) is 32.2. The highest BCUT2D eigenvalue weighted by Gasteiger charge is 2.26. The summed E-state index contributed by atoms with van der Waals surface area (Å²) in [5.41, 5.74) is 11.2. The standard InChI is InChI=1S/C40H57N3/c1-24(2)32-18-15-19-33(25(3)4)38(32)41-30(13)43(40-36(28(9)10)22-17-23-37(40)29(11)12)31(14)42-39-34(26(5)6)20-16-21-35(39)27(7)8/h15-29,41H,13H2,1-12,14H3. The van der Waals surface area contributed by atoms with E-state index < -0.39 is 0 Å². The van der Waals surface area contributed by atoms with Crippen LogP contribution in [0.25, 0.3) is 0 Å². The van der Waals surface area contributed by atoms with E-state index in [1.54, 1.807) is 0 Å². The average molecular weight is 580 g/mol. The van der Waals surface area contributed by atoms with E-state index in [2.05, 4.69) is 155 Å². The Labute approximate surface area is 263 Å². The Hall–Kier alpha value is -3.33. The zero-order valence-corrected chi connectivity index (χ0v) is 29.3. The van der Waals surface area contributed by atoms with Gasteiger partial charge < -0.3 is 5.32 Å². The van der Waals surface area contributed by atoms with Crippen LogP contribution in [0.3, 0.4) is 0 Å². The van der Waals surface area contributed by atoms with Gasteiger partial charge in [-0.25, -0.2) is 4.99 Å². The molecule has 0 spiro atoms. The molecular formula is C40H57N3. The second-order valence-corrected chi connectivity index (χ2v) is 13.9. The highest BCUT2D eigenvalue weighted by Crippen LogP contribution is 2.41. The number of amidine groups is 1. The largest absolute Gasteiger partial charge is 0.341 e. The number of rotatable bonds is 11. The van der Waals surface area contributed by atoms with Gasteiger partial charge in [-0.3, -0.25) is 4.90 Å². The summed E-state index contributed by atoms with van der Waals surface area (Å²) in [5.74, 6) is 3.87. The molecule has 0 atom stereocenters. The molecule has 43 heavy (non-hydrogen) atoms. The summed E-state index contributed by atoms with van der Waals surface area (Å²) in [6, 6.07) is 20.0. The van der Waals surface area contributed by atoms with E-state index in [-0.39, 0.29) is 0 Å². The van der Waals surface area contributed by atoms with Crippen LogP contribution in [-0.2, 0) is 0 Å². The number of para-hydroxylation sites is 3. The lowest BCUT2D eigenvalue weighted by Gasteiger charge is -2.34. The Bertz CT molecular complexity index is 1360. The molecule has 232 valence electrons. The number of nitrogens with one attached hydrogen (secondary N) is 1. The van der Waals surface area contributed by atoms with E-state index in [4.69, 9.17) is 11.6 Å². The molecule has 1 N–H and O–H groups in total. The van der Waals surface area contributed by atoms with Gasteiger partial charge in [-0.2, -0.15) is 0 Å². The zero-order valence-electron chi connectivity index (χ0n) is 29.3. The quantitative estimate of drug-likeness (QED) is 0.181. The lowest BCUT2D eigenvalue weighted by atomic mass is 9.91. The van der Waals surface area contributed by atoms with Crippen molar-refractivity contribution in [1.82, 2.24) is 0 Å². The molecule has 0 bridgehead atoms. The molecule has 3 heteroatoms. The number of anilines is 2.